The third-order valence-corrected chi connectivity index (χ3v) is 5.56. The van der Waals surface area contributed by atoms with E-state index in [0.717, 1.165) is 11.3 Å². The molecule has 3 aromatic rings. The van der Waals surface area contributed by atoms with Crippen molar-refractivity contribution in [3.63, 3.8) is 0 Å². The highest BCUT2D eigenvalue weighted by Crippen LogP contribution is 2.21. The number of anilines is 2. The van der Waals surface area contributed by atoms with Crippen LogP contribution in [-0.2, 0) is 16.6 Å². The molecule has 0 saturated heterocycles. The molecule has 0 saturated carbocycles. The van der Waals surface area contributed by atoms with Gasteiger partial charge in [0.05, 0.1) is 16.8 Å². The Kier molecular flexibility index (Phi) is 5.44. The first-order chi connectivity index (χ1) is 12.4. The number of benzene rings is 2. The summed E-state index contributed by atoms with van der Waals surface area (Å²) < 4.78 is 27.4. The van der Waals surface area contributed by atoms with Gasteiger partial charge in [-0.2, -0.15) is 0 Å². The number of hydrogen-bond donors (Lipinski definition) is 2. The van der Waals surface area contributed by atoms with Crippen LogP contribution in [0.1, 0.15) is 11.1 Å². The summed E-state index contributed by atoms with van der Waals surface area (Å²) in [6.07, 6.45) is 1.59. The number of rotatable bonds is 6. The summed E-state index contributed by atoms with van der Waals surface area (Å²) in [5.74, 6) is 0.253. The van der Waals surface area contributed by atoms with Gasteiger partial charge < -0.3 is 5.32 Å². The van der Waals surface area contributed by atoms with Crippen LogP contribution in [0.3, 0.4) is 0 Å². The zero-order chi connectivity index (χ0) is 18.6. The molecule has 0 aliphatic heterocycles. The lowest BCUT2D eigenvalue weighted by Crippen LogP contribution is -2.14. The summed E-state index contributed by atoms with van der Waals surface area (Å²) in [6.45, 7) is 2.42. The third-order valence-electron chi connectivity index (χ3n) is 3.78. The van der Waals surface area contributed by atoms with Crippen LogP contribution in [0.4, 0.5) is 11.5 Å². The van der Waals surface area contributed by atoms with E-state index in [-0.39, 0.29) is 10.7 Å². The van der Waals surface area contributed by atoms with E-state index in [2.05, 4.69) is 15.0 Å². The van der Waals surface area contributed by atoms with E-state index in [4.69, 9.17) is 11.6 Å². The van der Waals surface area contributed by atoms with E-state index in [1.165, 1.54) is 12.1 Å². The van der Waals surface area contributed by atoms with Crippen LogP contribution >= 0.6 is 11.6 Å². The smallest absolute Gasteiger partial charge is 0.263 e. The molecule has 0 fully saturated rings. The fraction of sp³-hybridized carbons (Fsp3) is 0.105. The molecule has 5 nitrogen and oxygen atoms in total. The SMILES string of the molecule is Cc1cc(S(=O)(=O)Nc2ccc(NCc3ccccc3)cn2)ccc1Cl. The summed E-state index contributed by atoms with van der Waals surface area (Å²) in [7, 11) is -3.71. The first kappa shape index (κ1) is 18.2. The Bertz CT molecular complexity index is 991. The number of hydrogen-bond acceptors (Lipinski definition) is 4. The fourth-order valence-electron chi connectivity index (χ4n) is 2.34. The summed E-state index contributed by atoms with van der Waals surface area (Å²) in [4.78, 5) is 4.31. The van der Waals surface area contributed by atoms with Gasteiger partial charge in [-0.1, -0.05) is 41.9 Å². The Morgan fingerprint density at radius 2 is 1.81 bits per heavy atom. The van der Waals surface area contributed by atoms with Gasteiger partial charge in [-0.15, -0.1) is 0 Å². The van der Waals surface area contributed by atoms with Crippen molar-refractivity contribution >= 4 is 33.1 Å². The van der Waals surface area contributed by atoms with Gasteiger partial charge in [-0.25, -0.2) is 13.4 Å². The first-order valence-electron chi connectivity index (χ1n) is 7.97. The monoisotopic (exact) mass is 387 g/mol. The first-order valence-corrected chi connectivity index (χ1v) is 9.83. The normalized spacial score (nSPS) is 11.2. The van der Waals surface area contributed by atoms with Crippen molar-refractivity contribution in [1.82, 2.24) is 4.98 Å². The quantitative estimate of drug-likeness (QED) is 0.655. The van der Waals surface area contributed by atoms with Gasteiger partial charge >= 0.3 is 0 Å². The van der Waals surface area contributed by atoms with Gasteiger partial charge in [0, 0.05) is 11.6 Å². The molecule has 0 atom stereocenters. The van der Waals surface area contributed by atoms with Crippen LogP contribution in [0, 0.1) is 6.92 Å². The number of aromatic nitrogens is 1. The molecule has 2 aromatic carbocycles. The van der Waals surface area contributed by atoms with E-state index in [1.54, 1.807) is 31.3 Å². The number of halogens is 1. The van der Waals surface area contributed by atoms with Crippen molar-refractivity contribution in [2.24, 2.45) is 0 Å². The molecule has 0 aliphatic rings. The Balaban J connectivity index is 1.67. The van der Waals surface area contributed by atoms with E-state index in [9.17, 15) is 8.42 Å². The molecule has 0 bridgehead atoms. The minimum absolute atomic E-state index is 0.146. The molecule has 134 valence electrons. The van der Waals surface area contributed by atoms with Crippen LogP contribution in [0.15, 0.2) is 71.8 Å². The topological polar surface area (TPSA) is 71.1 Å². The molecular weight excluding hydrogens is 370 g/mol. The summed E-state index contributed by atoms with van der Waals surface area (Å²) in [5, 5.41) is 3.77. The number of pyridine rings is 1. The van der Waals surface area contributed by atoms with Crippen LogP contribution in [0.25, 0.3) is 0 Å². The molecule has 1 aromatic heterocycles. The predicted octanol–water partition coefficient (Wildman–Crippen LogP) is 4.46. The number of nitrogens with zero attached hydrogens (tertiary/aromatic N) is 1. The molecule has 26 heavy (non-hydrogen) atoms. The number of sulfonamides is 1. The van der Waals surface area contributed by atoms with Crippen molar-refractivity contribution in [2.45, 2.75) is 18.4 Å². The van der Waals surface area contributed by atoms with Gasteiger partial charge in [-0.05, 0) is 48.4 Å². The lowest BCUT2D eigenvalue weighted by molar-refractivity contribution is 0.601. The van der Waals surface area contributed by atoms with Crippen LogP contribution in [0.5, 0.6) is 0 Å². The average Bonchev–Trinajstić information content (AvgIpc) is 2.64. The second-order valence-electron chi connectivity index (χ2n) is 5.79. The number of nitrogens with one attached hydrogen (secondary N) is 2. The maximum absolute atomic E-state index is 12.5. The van der Waals surface area contributed by atoms with Crippen molar-refractivity contribution in [2.75, 3.05) is 10.0 Å². The molecule has 0 unspecified atom stereocenters. The molecule has 0 spiro atoms. The van der Waals surface area contributed by atoms with Gasteiger partial charge in [0.2, 0.25) is 0 Å². The summed E-state index contributed by atoms with van der Waals surface area (Å²) in [6, 6.07) is 17.9. The molecule has 0 amide bonds. The summed E-state index contributed by atoms with van der Waals surface area (Å²) in [5.41, 5.74) is 2.65. The minimum atomic E-state index is -3.71. The molecule has 3 rings (SSSR count). The van der Waals surface area contributed by atoms with Gasteiger partial charge in [0.25, 0.3) is 10.0 Å². The zero-order valence-corrected chi connectivity index (χ0v) is 15.7. The highest BCUT2D eigenvalue weighted by Gasteiger charge is 2.15. The van der Waals surface area contributed by atoms with Crippen molar-refractivity contribution in [3.05, 3.63) is 83.0 Å². The zero-order valence-electron chi connectivity index (χ0n) is 14.1. The lowest BCUT2D eigenvalue weighted by Gasteiger charge is -2.10. The van der Waals surface area contributed by atoms with E-state index < -0.39 is 10.0 Å². The van der Waals surface area contributed by atoms with E-state index in [0.29, 0.717) is 17.1 Å². The fourth-order valence-corrected chi connectivity index (χ4v) is 3.55. The Hall–Kier alpha value is -2.57. The Morgan fingerprint density at radius 3 is 2.46 bits per heavy atom. The van der Waals surface area contributed by atoms with Crippen LogP contribution < -0.4 is 10.0 Å². The Labute approximate surface area is 158 Å². The molecular formula is C19H18ClN3O2S. The minimum Gasteiger partial charge on any atom is -0.380 e. The van der Waals surface area contributed by atoms with Crippen LogP contribution in [0.2, 0.25) is 5.02 Å². The standard InChI is InChI=1S/C19H18ClN3O2S/c1-14-11-17(8-9-18(14)20)26(24,25)23-19-10-7-16(13-22-19)21-12-15-5-3-2-4-6-15/h2-11,13,21H,12H2,1H3,(H,22,23). The average molecular weight is 388 g/mol. The van der Waals surface area contributed by atoms with Gasteiger partial charge in [-0.3, -0.25) is 4.72 Å². The van der Waals surface area contributed by atoms with Crippen molar-refractivity contribution in [3.8, 4) is 0 Å². The highest BCUT2D eigenvalue weighted by molar-refractivity contribution is 7.92. The molecule has 7 heteroatoms. The number of aryl methyl sites for hydroxylation is 1. The Morgan fingerprint density at radius 1 is 1.04 bits per heavy atom. The molecule has 2 N–H and O–H groups in total. The molecule has 0 aliphatic carbocycles. The van der Waals surface area contributed by atoms with Crippen molar-refractivity contribution < 1.29 is 8.42 Å². The molecule has 0 radical (unpaired) electrons. The largest absolute Gasteiger partial charge is 0.380 e. The molecule has 1 heterocycles. The van der Waals surface area contributed by atoms with E-state index in [1.807, 2.05) is 30.3 Å². The predicted molar refractivity (Wildman–Crippen MR) is 105 cm³/mol. The summed E-state index contributed by atoms with van der Waals surface area (Å²) >= 11 is 5.95. The van der Waals surface area contributed by atoms with Gasteiger partial charge in [0.1, 0.15) is 5.82 Å². The third kappa shape index (κ3) is 4.53. The highest BCUT2D eigenvalue weighted by atomic mass is 35.5. The second-order valence-corrected chi connectivity index (χ2v) is 7.88. The second kappa shape index (κ2) is 7.76. The van der Waals surface area contributed by atoms with E-state index >= 15 is 0 Å². The maximum Gasteiger partial charge on any atom is 0.263 e. The lowest BCUT2D eigenvalue weighted by atomic mass is 10.2. The van der Waals surface area contributed by atoms with Crippen LogP contribution in [-0.4, -0.2) is 13.4 Å². The van der Waals surface area contributed by atoms with Gasteiger partial charge in [0.15, 0.2) is 0 Å². The maximum atomic E-state index is 12.5. The van der Waals surface area contributed by atoms with Crippen molar-refractivity contribution in [1.29, 1.82) is 0 Å².